The van der Waals surface area contributed by atoms with Crippen LogP contribution in [0.15, 0.2) is 30.3 Å². The standard InChI is InChI=1S/C18H20FN3O4S/c19-13-2-1-3-16(10-13)26-12-14-11-17-18(23)21(6-7-22(17)20-14)15-4-8-27(24,25)9-5-15/h1-3,10-11,15H,4-9,12H2. The zero-order valence-corrected chi connectivity index (χ0v) is 15.5. The summed E-state index contributed by atoms with van der Waals surface area (Å²) in [6, 6.07) is 7.49. The van der Waals surface area contributed by atoms with Crippen LogP contribution in [0.4, 0.5) is 4.39 Å². The van der Waals surface area contributed by atoms with Crippen LogP contribution in [0.1, 0.15) is 29.0 Å². The average molecular weight is 393 g/mol. The molecule has 1 aromatic carbocycles. The van der Waals surface area contributed by atoms with Crippen LogP contribution in [-0.2, 0) is 23.0 Å². The van der Waals surface area contributed by atoms with Crippen LogP contribution in [0.2, 0.25) is 0 Å². The number of hydrogen-bond acceptors (Lipinski definition) is 5. The molecule has 1 saturated heterocycles. The third kappa shape index (κ3) is 3.83. The Hall–Kier alpha value is -2.42. The minimum absolute atomic E-state index is 0.0448. The van der Waals surface area contributed by atoms with Gasteiger partial charge < -0.3 is 9.64 Å². The topological polar surface area (TPSA) is 81.5 Å². The molecule has 2 aromatic rings. The summed E-state index contributed by atoms with van der Waals surface area (Å²) in [5.41, 5.74) is 1.07. The predicted molar refractivity (Wildman–Crippen MR) is 95.7 cm³/mol. The second kappa shape index (κ2) is 6.95. The zero-order valence-electron chi connectivity index (χ0n) is 14.7. The van der Waals surface area contributed by atoms with Gasteiger partial charge in [0, 0.05) is 18.7 Å². The molecule has 0 atom stereocenters. The van der Waals surface area contributed by atoms with Crippen LogP contribution in [0.3, 0.4) is 0 Å². The molecule has 2 aliphatic rings. The molecule has 9 heteroatoms. The summed E-state index contributed by atoms with van der Waals surface area (Å²) in [5, 5.41) is 4.40. The van der Waals surface area contributed by atoms with Gasteiger partial charge in [-0.15, -0.1) is 0 Å². The van der Waals surface area contributed by atoms with Crippen molar-refractivity contribution in [2.24, 2.45) is 0 Å². The quantitative estimate of drug-likeness (QED) is 0.789. The van der Waals surface area contributed by atoms with E-state index in [1.807, 2.05) is 0 Å². The summed E-state index contributed by atoms with van der Waals surface area (Å²) < 4.78 is 43.6. The number of ether oxygens (including phenoxy) is 1. The van der Waals surface area contributed by atoms with Crippen LogP contribution in [0.5, 0.6) is 5.75 Å². The number of benzene rings is 1. The Balaban J connectivity index is 1.44. The molecule has 4 rings (SSSR count). The third-order valence-corrected chi connectivity index (χ3v) is 6.73. The van der Waals surface area contributed by atoms with E-state index in [1.54, 1.807) is 27.8 Å². The largest absolute Gasteiger partial charge is 0.487 e. The number of carbonyl (C=O) groups is 1. The molecule has 1 amide bonds. The van der Waals surface area contributed by atoms with E-state index in [-0.39, 0.29) is 35.9 Å². The number of halogens is 1. The van der Waals surface area contributed by atoms with Crippen LogP contribution in [-0.4, -0.2) is 53.1 Å². The lowest BCUT2D eigenvalue weighted by Crippen LogP contribution is -2.49. The van der Waals surface area contributed by atoms with Crippen molar-refractivity contribution in [1.29, 1.82) is 0 Å². The van der Waals surface area contributed by atoms with E-state index in [4.69, 9.17) is 4.74 Å². The van der Waals surface area contributed by atoms with Gasteiger partial charge in [-0.3, -0.25) is 9.48 Å². The van der Waals surface area contributed by atoms with Gasteiger partial charge in [0.05, 0.1) is 18.1 Å². The molecule has 0 aliphatic carbocycles. The van der Waals surface area contributed by atoms with Gasteiger partial charge >= 0.3 is 0 Å². The second-order valence-corrected chi connectivity index (χ2v) is 9.18. The van der Waals surface area contributed by atoms with Crippen molar-refractivity contribution in [3.05, 3.63) is 47.5 Å². The van der Waals surface area contributed by atoms with Gasteiger partial charge in [-0.25, -0.2) is 12.8 Å². The maximum absolute atomic E-state index is 13.2. The average Bonchev–Trinajstić information content (AvgIpc) is 3.05. The van der Waals surface area contributed by atoms with Gasteiger partial charge in [0.25, 0.3) is 5.91 Å². The molecule has 1 fully saturated rings. The van der Waals surface area contributed by atoms with Gasteiger partial charge in [-0.2, -0.15) is 5.10 Å². The summed E-state index contributed by atoms with van der Waals surface area (Å²) in [6.45, 7) is 1.21. The number of amides is 1. The van der Waals surface area contributed by atoms with Crippen LogP contribution < -0.4 is 4.74 Å². The Labute approximate surface area is 156 Å². The molecule has 3 heterocycles. The smallest absolute Gasteiger partial charge is 0.272 e. The molecule has 0 N–H and O–H groups in total. The van der Waals surface area contributed by atoms with E-state index in [0.717, 1.165) is 0 Å². The molecule has 144 valence electrons. The fourth-order valence-electron chi connectivity index (χ4n) is 3.59. The minimum atomic E-state index is -2.96. The Morgan fingerprint density at radius 2 is 1.96 bits per heavy atom. The highest BCUT2D eigenvalue weighted by atomic mass is 32.2. The normalized spacial score (nSPS) is 19.7. The van der Waals surface area contributed by atoms with Crippen molar-refractivity contribution in [3.8, 4) is 5.75 Å². The number of fused-ring (bicyclic) bond motifs is 1. The van der Waals surface area contributed by atoms with Gasteiger partial charge in [0.1, 0.15) is 39.4 Å². The van der Waals surface area contributed by atoms with Crippen molar-refractivity contribution in [1.82, 2.24) is 14.7 Å². The molecule has 27 heavy (non-hydrogen) atoms. The molecule has 0 saturated carbocycles. The van der Waals surface area contributed by atoms with Gasteiger partial charge in [-0.1, -0.05) is 6.07 Å². The second-order valence-electron chi connectivity index (χ2n) is 6.87. The molecule has 2 aliphatic heterocycles. The van der Waals surface area contributed by atoms with Crippen molar-refractivity contribution >= 4 is 15.7 Å². The first kappa shape index (κ1) is 18.0. The van der Waals surface area contributed by atoms with Gasteiger partial charge in [-0.05, 0) is 31.0 Å². The summed E-state index contributed by atoms with van der Waals surface area (Å²) in [6.07, 6.45) is 0.968. The van der Waals surface area contributed by atoms with Crippen molar-refractivity contribution in [2.45, 2.75) is 32.0 Å². The molecule has 0 bridgehead atoms. The van der Waals surface area contributed by atoms with Gasteiger partial charge in [0.15, 0.2) is 0 Å². The van der Waals surface area contributed by atoms with E-state index in [2.05, 4.69) is 5.10 Å². The number of nitrogens with zero attached hydrogens (tertiary/aromatic N) is 3. The van der Waals surface area contributed by atoms with Crippen molar-refractivity contribution in [3.63, 3.8) is 0 Å². The number of rotatable bonds is 4. The maximum Gasteiger partial charge on any atom is 0.272 e. The Kier molecular flexibility index (Phi) is 4.63. The zero-order chi connectivity index (χ0) is 19.0. The first-order valence-corrected chi connectivity index (χ1v) is 10.7. The van der Waals surface area contributed by atoms with Crippen LogP contribution >= 0.6 is 0 Å². The highest BCUT2D eigenvalue weighted by Crippen LogP contribution is 2.24. The summed E-state index contributed by atoms with van der Waals surface area (Å²) in [7, 11) is -2.96. The van der Waals surface area contributed by atoms with Crippen LogP contribution in [0.25, 0.3) is 0 Å². The van der Waals surface area contributed by atoms with Crippen molar-refractivity contribution < 1.29 is 22.3 Å². The van der Waals surface area contributed by atoms with E-state index >= 15 is 0 Å². The Bertz CT molecular complexity index is 959. The van der Waals surface area contributed by atoms with E-state index in [1.165, 1.54) is 12.1 Å². The predicted octanol–water partition coefficient (Wildman–Crippen LogP) is 1.63. The molecule has 0 unspecified atom stereocenters. The summed E-state index contributed by atoms with van der Waals surface area (Å²) >= 11 is 0. The van der Waals surface area contributed by atoms with E-state index in [9.17, 15) is 17.6 Å². The van der Waals surface area contributed by atoms with Crippen molar-refractivity contribution in [2.75, 3.05) is 18.1 Å². The summed E-state index contributed by atoms with van der Waals surface area (Å²) in [5.74, 6) is 0.158. The number of sulfone groups is 1. The third-order valence-electron chi connectivity index (χ3n) is 5.01. The molecular formula is C18H20FN3O4S. The van der Waals surface area contributed by atoms with Gasteiger partial charge in [0.2, 0.25) is 0 Å². The lowest BCUT2D eigenvalue weighted by atomic mass is 10.1. The molecule has 7 nitrogen and oxygen atoms in total. The highest BCUT2D eigenvalue weighted by molar-refractivity contribution is 7.91. The fourth-order valence-corrected chi connectivity index (χ4v) is 5.05. The molecule has 0 radical (unpaired) electrons. The van der Waals surface area contributed by atoms with E-state index in [0.29, 0.717) is 43.1 Å². The van der Waals surface area contributed by atoms with Crippen LogP contribution in [0, 0.1) is 5.82 Å². The lowest BCUT2D eigenvalue weighted by molar-refractivity contribution is 0.0596. The first-order chi connectivity index (χ1) is 12.9. The highest BCUT2D eigenvalue weighted by Gasteiger charge is 2.34. The molecule has 0 spiro atoms. The Morgan fingerprint density at radius 1 is 1.19 bits per heavy atom. The monoisotopic (exact) mass is 393 g/mol. The van der Waals surface area contributed by atoms with E-state index < -0.39 is 9.84 Å². The molecular weight excluding hydrogens is 373 g/mol. The fraction of sp³-hybridized carbons (Fsp3) is 0.444. The minimum Gasteiger partial charge on any atom is -0.487 e. The lowest BCUT2D eigenvalue weighted by Gasteiger charge is -2.36. The molecule has 1 aromatic heterocycles. The number of aromatic nitrogens is 2. The number of carbonyl (C=O) groups excluding carboxylic acids is 1. The SMILES string of the molecule is O=C1c2cc(COc3cccc(F)c3)nn2CCN1C1CCS(=O)(=O)CC1. The first-order valence-electron chi connectivity index (χ1n) is 8.88. The maximum atomic E-state index is 13.2. The number of hydrogen-bond donors (Lipinski definition) is 0. The Morgan fingerprint density at radius 3 is 2.70 bits per heavy atom. The summed E-state index contributed by atoms with van der Waals surface area (Å²) in [4.78, 5) is 14.6.